The molecule has 5 nitrogen and oxygen atoms in total. The van der Waals surface area contributed by atoms with Gasteiger partial charge in [0.25, 0.3) is 0 Å². The van der Waals surface area contributed by atoms with Gasteiger partial charge < -0.3 is 5.11 Å². The number of rotatable bonds is 3. The summed E-state index contributed by atoms with van der Waals surface area (Å²) < 4.78 is 0. The van der Waals surface area contributed by atoms with Crippen LogP contribution >= 0.6 is 0 Å². The zero-order valence-electron chi connectivity index (χ0n) is 19.0. The van der Waals surface area contributed by atoms with Crippen LogP contribution in [-0.4, -0.2) is 33.5 Å². The van der Waals surface area contributed by atoms with Gasteiger partial charge >= 0.3 is 6.09 Å². The van der Waals surface area contributed by atoms with Crippen molar-refractivity contribution in [3.05, 3.63) is 70.3 Å². The van der Waals surface area contributed by atoms with E-state index in [0.29, 0.717) is 0 Å². The summed E-state index contributed by atoms with van der Waals surface area (Å²) in [6, 6.07) is 14.0. The van der Waals surface area contributed by atoms with E-state index in [0.717, 1.165) is 32.7 Å². The van der Waals surface area contributed by atoms with Crippen LogP contribution in [0.25, 0.3) is 0 Å². The van der Waals surface area contributed by atoms with Crippen LogP contribution in [0.15, 0.2) is 42.5 Å². The lowest BCUT2D eigenvalue weighted by atomic mass is 9.70. The summed E-state index contributed by atoms with van der Waals surface area (Å²) in [7, 11) is 0. The molecule has 2 aromatic rings. The Kier molecular flexibility index (Phi) is 5.54. The van der Waals surface area contributed by atoms with Gasteiger partial charge in [0.15, 0.2) is 0 Å². The molecular formula is C25H32N2O3. The fourth-order valence-electron chi connectivity index (χ4n) is 5.34. The Balaban J connectivity index is 2.40. The minimum atomic E-state index is -1.21. The molecule has 2 aromatic carbocycles. The SMILES string of the molecule is Cc1cc(C)c([C@]2(C(C)(C)C)N(C(=O)O)C(=O)CN2C(C)c2ccccc2)c(C)c1. The standard InChI is InChI=1S/C25H32N2O3/c1-16-13-17(2)22(18(3)14-16)25(24(5,6)7)26(15-21(28)27(25)23(29)30)19(4)20-11-9-8-10-12-20/h8-14,19H,15H2,1-7H3,(H,29,30)/t19?,25-/m1/s1. The number of nitrogens with zero attached hydrogens (tertiary/aromatic N) is 2. The van der Waals surface area contributed by atoms with E-state index in [1.807, 2.05) is 78.8 Å². The summed E-state index contributed by atoms with van der Waals surface area (Å²) in [4.78, 5) is 28.9. The molecule has 1 unspecified atom stereocenters. The topological polar surface area (TPSA) is 60.9 Å². The molecule has 0 spiro atoms. The van der Waals surface area contributed by atoms with E-state index in [2.05, 4.69) is 17.0 Å². The number of benzene rings is 2. The monoisotopic (exact) mass is 408 g/mol. The van der Waals surface area contributed by atoms with Gasteiger partial charge in [-0.1, -0.05) is 68.8 Å². The summed E-state index contributed by atoms with van der Waals surface area (Å²) in [6.45, 7) is 14.2. The van der Waals surface area contributed by atoms with Crippen molar-refractivity contribution in [3.8, 4) is 0 Å². The number of hydrogen-bond acceptors (Lipinski definition) is 3. The molecule has 1 fully saturated rings. The van der Waals surface area contributed by atoms with Gasteiger partial charge in [0.1, 0.15) is 5.66 Å². The molecule has 1 aliphatic heterocycles. The first-order chi connectivity index (χ1) is 13.9. The van der Waals surface area contributed by atoms with Crippen molar-refractivity contribution in [2.45, 2.75) is 60.2 Å². The van der Waals surface area contributed by atoms with Gasteiger partial charge in [-0.3, -0.25) is 9.69 Å². The van der Waals surface area contributed by atoms with Crippen molar-refractivity contribution in [1.82, 2.24) is 9.80 Å². The maximum absolute atomic E-state index is 13.2. The maximum Gasteiger partial charge on any atom is 0.415 e. The van der Waals surface area contributed by atoms with Crippen LogP contribution in [0.1, 0.15) is 61.6 Å². The van der Waals surface area contributed by atoms with Gasteiger partial charge in [0, 0.05) is 11.5 Å². The summed E-state index contributed by atoms with van der Waals surface area (Å²) in [6.07, 6.45) is -1.21. The Bertz CT molecular complexity index is 955. The van der Waals surface area contributed by atoms with Crippen LogP contribution in [0.3, 0.4) is 0 Å². The lowest BCUT2D eigenvalue weighted by molar-refractivity contribution is -0.135. The van der Waals surface area contributed by atoms with Crippen LogP contribution < -0.4 is 0 Å². The highest BCUT2D eigenvalue weighted by Gasteiger charge is 2.63. The lowest BCUT2D eigenvalue weighted by Crippen LogP contribution is -2.61. The Morgan fingerprint density at radius 3 is 2.07 bits per heavy atom. The number of hydrogen-bond donors (Lipinski definition) is 1. The van der Waals surface area contributed by atoms with Gasteiger partial charge in [0.05, 0.1) is 6.54 Å². The fraction of sp³-hybridized carbons (Fsp3) is 0.440. The first-order valence-electron chi connectivity index (χ1n) is 10.4. The maximum atomic E-state index is 13.2. The Hall–Kier alpha value is -2.66. The molecule has 0 aromatic heterocycles. The summed E-state index contributed by atoms with van der Waals surface area (Å²) in [5.41, 5.74) is 3.34. The van der Waals surface area contributed by atoms with Crippen molar-refractivity contribution in [2.75, 3.05) is 6.54 Å². The average Bonchev–Trinajstić information content (AvgIpc) is 2.95. The molecule has 30 heavy (non-hydrogen) atoms. The van der Waals surface area contributed by atoms with E-state index in [9.17, 15) is 14.7 Å². The second kappa shape index (κ2) is 7.55. The Morgan fingerprint density at radius 2 is 1.60 bits per heavy atom. The highest BCUT2D eigenvalue weighted by Crippen LogP contribution is 2.54. The third kappa shape index (κ3) is 3.21. The number of amides is 2. The second-order valence-corrected chi connectivity index (χ2v) is 9.42. The zero-order chi connectivity index (χ0) is 22.4. The largest absolute Gasteiger partial charge is 0.465 e. The van der Waals surface area contributed by atoms with E-state index >= 15 is 0 Å². The smallest absolute Gasteiger partial charge is 0.415 e. The van der Waals surface area contributed by atoms with Gasteiger partial charge in [-0.25, -0.2) is 9.69 Å². The molecule has 1 heterocycles. The van der Waals surface area contributed by atoms with Crippen LogP contribution in [0.2, 0.25) is 0 Å². The van der Waals surface area contributed by atoms with Crippen LogP contribution in [-0.2, 0) is 10.5 Å². The highest BCUT2D eigenvalue weighted by molar-refractivity contribution is 5.96. The lowest BCUT2D eigenvalue weighted by Gasteiger charge is -2.53. The van der Waals surface area contributed by atoms with Crippen LogP contribution in [0, 0.1) is 26.2 Å². The van der Waals surface area contributed by atoms with E-state index in [4.69, 9.17) is 0 Å². The molecule has 0 bridgehead atoms. The van der Waals surface area contributed by atoms with Gasteiger partial charge in [0.2, 0.25) is 5.91 Å². The minimum absolute atomic E-state index is 0.0480. The van der Waals surface area contributed by atoms with Crippen LogP contribution in [0.5, 0.6) is 0 Å². The Labute approximate surface area is 179 Å². The molecule has 1 N–H and O–H groups in total. The van der Waals surface area contributed by atoms with Gasteiger partial charge in [-0.2, -0.15) is 0 Å². The number of carboxylic acid groups (broad SMARTS) is 1. The quantitative estimate of drug-likeness (QED) is 0.739. The van der Waals surface area contributed by atoms with Crippen molar-refractivity contribution >= 4 is 12.0 Å². The molecule has 0 radical (unpaired) electrons. The predicted octanol–water partition coefficient (Wildman–Crippen LogP) is 5.39. The number of imide groups is 1. The van der Waals surface area contributed by atoms with Crippen molar-refractivity contribution in [3.63, 3.8) is 0 Å². The first-order valence-corrected chi connectivity index (χ1v) is 10.4. The van der Waals surface area contributed by atoms with Crippen LogP contribution in [0.4, 0.5) is 4.79 Å². The van der Waals surface area contributed by atoms with Crippen molar-refractivity contribution < 1.29 is 14.7 Å². The van der Waals surface area contributed by atoms with Crippen molar-refractivity contribution in [1.29, 1.82) is 0 Å². The highest BCUT2D eigenvalue weighted by atomic mass is 16.4. The third-order valence-electron chi connectivity index (χ3n) is 6.31. The molecule has 1 saturated heterocycles. The third-order valence-corrected chi connectivity index (χ3v) is 6.31. The van der Waals surface area contributed by atoms with E-state index in [-0.39, 0.29) is 18.5 Å². The molecule has 160 valence electrons. The van der Waals surface area contributed by atoms with Crippen molar-refractivity contribution in [2.24, 2.45) is 5.41 Å². The first kappa shape index (κ1) is 22.0. The summed E-state index contributed by atoms with van der Waals surface area (Å²) in [5.74, 6) is -0.389. The van der Waals surface area contributed by atoms with E-state index < -0.39 is 17.2 Å². The summed E-state index contributed by atoms with van der Waals surface area (Å²) in [5, 5.41) is 10.2. The molecule has 3 rings (SSSR count). The Morgan fingerprint density at radius 1 is 1.07 bits per heavy atom. The molecule has 2 amide bonds. The normalized spacial score (nSPS) is 21.2. The molecule has 1 aliphatic rings. The molecular weight excluding hydrogens is 376 g/mol. The predicted molar refractivity (Wildman–Crippen MR) is 118 cm³/mol. The van der Waals surface area contributed by atoms with Gasteiger partial charge in [-0.05, 0) is 49.9 Å². The molecule has 0 aliphatic carbocycles. The molecule has 2 atom stereocenters. The fourth-order valence-corrected chi connectivity index (χ4v) is 5.34. The summed E-state index contributed by atoms with van der Waals surface area (Å²) >= 11 is 0. The van der Waals surface area contributed by atoms with Gasteiger partial charge in [-0.15, -0.1) is 0 Å². The van der Waals surface area contributed by atoms with E-state index in [1.54, 1.807) is 0 Å². The zero-order valence-corrected chi connectivity index (χ0v) is 19.0. The van der Waals surface area contributed by atoms with E-state index in [1.165, 1.54) is 0 Å². The minimum Gasteiger partial charge on any atom is -0.465 e. The molecule has 0 saturated carbocycles. The average molecular weight is 409 g/mol. The molecule has 5 heteroatoms. The number of carbonyl (C=O) groups excluding carboxylic acids is 1. The second-order valence-electron chi connectivity index (χ2n) is 9.42. The number of aryl methyl sites for hydroxylation is 3. The number of carbonyl (C=O) groups is 2.